The number of aromatic nitrogens is 2. The van der Waals surface area contributed by atoms with Crippen LogP contribution in [0.25, 0.3) is 0 Å². The van der Waals surface area contributed by atoms with Crippen molar-refractivity contribution >= 4 is 11.3 Å². The molecule has 1 N–H and O–H groups in total. The molecule has 1 unspecified atom stereocenters. The number of aliphatic hydroxyl groups excluding tert-OH is 1. The smallest absolute Gasteiger partial charge is 0.238 e. The van der Waals surface area contributed by atoms with Crippen LogP contribution in [-0.2, 0) is 5.41 Å². The summed E-state index contributed by atoms with van der Waals surface area (Å²) in [7, 11) is 1.52. The third kappa shape index (κ3) is 2.93. The fourth-order valence-corrected chi connectivity index (χ4v) is 2.77. The zero-order chi connectivity index (χ0) is 14.0. The largest absolute Gasteiger partial charge is 0.480 e. The molecule has 102 valence electrons. The standard InChI is InChI=1S/C14H18N2O2S/c1-14(2,3)10-6-5-9(19-10)12(17)11-13(18-4)16-8-7-15-11/h5-8,12,17H,1-4H3. The lowest BCUT2D eigenvalue weighted by Crippen LogP contribution is -2.08. The first kappa shape index (κ1) is 14.0. The average Bonchev–Trinajstić information content (AvgIpc) is 2.87. The van der Waals surface area contributed by atoms with Crippen molar-refractivity contribution in [1.29, 1.82) is 0 Å². The molecule has 5 heteroatoms. The van der Waals surface area contributed by atoms with Crippen molar-refractivity contribution in [3.05, 3.63) is 40.0 Å². The molecule has 2 aromatic rings. The number of rotatable bonds is 3. The SMILES string of the molecule is COc1nccnc1C(O)c1ccc(C(C)(C)C)s1. The van der Waals surface area contributed by atoms with Gasteiger partial charge in [0.2, 0.25) is 5.88 Å². The van der Waals surface area contributed by atoms with E-state index in [1.54, 1.807) is 23.7 Å². The molecule has 1 atom stereocenters. The molecule has 4 nitrogen and oxygen atoms in total. The maximum absolute atomic E-state index is 10.4. The number of hydrogen-bond donors (Lipinski definition) is 1. The Morgan fingerprint density at radius 1 is 1.21 bits per heavy atom. The van der Waals surface area contributed by atoms with E-state index in [1.165, 1.54) is 12.0 Å². The maximum Gasteiger partial charge on any atom is 0.238 e. The number of nitrogens with zero attached hydrogens (tertiary/aromatic N) is 2. The Morgan fingerprint density at radius 2 is 1.89 bits per heavy atom. The molecule has 2 heterocycles. The summed E-state index contributed by atoms with van der Waals surface area (Å²) in [5, 5.41) is 10.4. The van der Waals surface area contributed by atoms with Crippen molar-refractivity contribution < 1.29 is 9.84 Å². The highest BCUT2D eigenvalue weighted by Gasteiger charge is 2.22. The van der Waals surface area contributed by atoms with Gasteiger partial charge in [0.15, 0.2) is 0 Å². The van der Waals surface area contributed by atoms with Crippen LogP contribution >= 0.6 is 11.3 Å². The zero-order valence-electron chi connectivity index (χ0n) is 11.5. The Morgan fingerprint density at radius 3 is 2.47 bits per heavy atom. The number of aliphatic hydroxyl groups is 1. The van der Waals surface area contributed by atoms with Gasteiger partial charge in [0.05, 0.1) is 7.11 Å². The molecular weight excluding hydrogens is 260 g/mol. The van der Waals surface area contributed by atoms with Crippen LogP contribution in [0.15, 0.2) is 24.5 Å². The summed E-state index contributed by atoms with van der Waals surface area (Å²) in [6.07, 6.45) is 2.30. The van der Waals surface area contributed by atoms with E-state index in [-0.39, 0.29) is 5.41 Å². The van der Waals surface area contributed by atoms with Crippen LogP contribution in [0, 0.1) is 0 Å². The number of ether oxygens (including phenoxy) is 1. The van der Waals surface area contributed by atoms with E-state index in [0.717, 1.165) is 4.88 Å². The predicted octanol–water partition coefficient (Wildman–Crippen LogP) is 2.93. The van der Waals surface area contributed by atoms with Gasteiger partial charge in [0.1, 0.15) is 11.8 Å². The molecule has 0 fully saturated rings. The Kier molecular flexibility index (Phi) is 3.87. The van der Waals surface area contributed by atoms with Gasteiger partial charge < -0.3 is 9.84 Å². The minimum atomic E-state index is -0.801. The summed E-state index contributed by atoms with van der Waals surface area (Å²) in [5.74, 6) is 0.362. The van der Waals surface area contributed by atoms with E-state index < -0.39 is 6.10 Å². The van der Waals surface area contributed by atoms with E-state index in [0.29, 0.717) is 11.6 Å². The second-order valence-corrected chi connectivity index (χ2v) is 6.42. The molecule has 0 spiro atoms. The molecular formula is C14H18N2O2S. The summed E-state index contributed by atoms with van der Waals surface area (Å²) in [4.78, 5) is 10.3. The van der Waals surface area contributed by atoms with Crippen LogP contribution in [0.2, 0.25) is 0 Å². The van der Waals surface area contributed by atoms with E-state index in [2.05, 4.69) is 30.7 Å². The summed E-state index contributed by atoms with van der Waals surface area (Å²) >= 11 is 1.59. The Hall–Kier alpha value is -1.46. The lowest BCUT2D eigenvalue weighted by Gasteiger charge is -2.16. The molecule has 2 rings (SSSR count). The van der Waals surface area contributed by atoms with Gasteiger partial charge in [0, 0.05) is 22.1 Å². The first-order valence-corrected chi connectivity index (χ1v) is 6.88. The van der Waals surface area contributed by atoms with E-state index in [1.807, 2.05) is 12.1 Å². The molecule has 0 aliphatic rings. The molecule has 0 aromatic carbocycles. The summed E-state index contributed by atoms with van der Waals surface area (Å²) in [6, 6.07) is 3.98. The normalized spacial score (nSPS) is 13.3. The lowest BCUT2D eigenvalue weighted by atomic mass is 9.95. The van der Waals surface area contributed by atoms with Gasteiger partial charge in [0.25, 0.3) is 0 Å². The predicted molar refractivity (Wildman–Crippen MR) is 75.7 cm³/mol. The van der Waals surface area contributed by atoms with Crippen LogP contribution in [0.1, 0.15) is 42.3 Å². The first-order chi connectivity index (χ1) is 8.93. The molecule has 0 bridgehead atoms. The van der Waals surface area contributed by atoms with Crippen molar-refractivity contribution in [2.75, 3.05) is 7.11 Å². The van der Waals surface area contributed by atoms with E-state index >= 15 is 0 Å². The van der Waals surface area contributed by atoms with Crippen molar-refractivity contribution in [2.45, 2.75) is 32.3 Å². The Bertz CT molecular complexity index is 561. The lowest BCUT2D eigenvalue weighted by molar-refractivity contribution is 0.211. The monoisotopic (exact) mass is 278 g/mol. The number of methoxy groups -OCH3 is 1. The fourth-order valence-electron chi connectivity index (χ4n) is 1.72. The quantitative estimate of drug-likeness (QED) is 0.938. The van der Waals surface area contributed by atoms with Crippen LogP contribution in [0.5, 0.6) is 5.88 Å². The molecule has 0 saturated heterocycles. The second-order valence-electron chi connectivity index (χ2n) is 5.31. The maximum atomic E-state index is 10.4. The zero-order valence-corrected chi connectivity index (χ0v) is 12.4. The number of hydrogen-bond acceptors (Lipinski definition) is 5. The Labute approximate surface area is 117 Å². The highest BCUT2D eigenvalue weighted by molar-refractivity contribution is 7.12. The van der Waals surface area contributed by atoms with Gasteiger partial charge in [-0.25, -0.2) is 4.98 Å². The summed E-state index contributed by atoms with van der Waals surface area (Å²) < 4.78 is 5.13. The van der Waals surface area contributed by atoms with Crippen LogP contribution in [0.4, 0.5) is 0 Å². The van der Waals surface area contributed by atoms with Gasteiger partial charge in [-0.05, 0) is 17.5 Å². The third-order valence-corrected chi connectivity index (χ3v) is 4.34. The van der Waals surface area contributed by atoms with E-state index in [9.17, 15) is 5.11 Å². The van der Waals surface area contributed by atoms with Crippen LogP contribution in [-0.4, -0.2) is 22.2 Å². The first-order valence-electron chi connectivity index (χ1n) is 6.06. The summed E-state index contributed by atoms with van der Waals surface area (Å²) in [5.41, 5.74) is 0.530. The summed E-state index contributed by atoms with van der Waals surface area (Å²) in [6.45, 7) is 6.45. The van der Waals surface area contributed by atoms with Crippen molar-refractivity contribution in [3.63, 3.8) is 0 Å². The molecule has 0 saturated carbocycles. The highest BCUT2D eigenvalue weighted by atomic mass is 32.1. The topological polar surface area (TPSA) is 55.2 Å². The molecule has 0 amide bonds. The third-order valence-electron chi connectivity index (χ3n) is 2.78. The molecule has 0 radical (unpaired) electrons. The molecule has 19 heavy (non-hydrogen) atoms. The molecule has 0 aliphatic heterocycles. The highest BCUT2D eigenvalue weighted by Crippen LogP contribution is 2.35. The average molecular weight is 278 g/mol. The minimum absolute atomic E-state index is 0.0785. The van der Waals surface area contributed by atoms with Crippen LogP contribution < -0.4 is 4.74 Å². The fraction of sp³-hybridized carbons (Fsp3) is 0.429. The Balaban J connectivity index is 2.34. The molecule has 0 aliphatic carbocycles. The minimum Gasteiger partial charge on any atom is -0.480 e. The van der Waals surface area contributed by atoms with Crippen molar-refractivity contribution in [3.8, 4) is 5.88 Å². The van der Waals surface area contributed by atoms with E-state index in [4.69, 9.17) is 4.74 Å². The van der Waals surface area contributed by atoms with Gasteiger partial charge in [-0.2, -0.15) is 0 Å². The van der Waals surface area contributed by atoms with Crippen molar-refractivity contribution in [1.82, 2.24) is 9.97 Å². The van der Waals surface area contributed by atoms with Gasteiger partial charge in [-0.3, -0.25) is 4.98 Å². The molecule has 2 aromatic heterocycles. The number of thiophene rings is 1. The van der Waals surface area contributed by atoms with Gasteiger partial charge in [-0.15, -0.1) is 11.3 Å². The van der Waals surface area contributed by atoms with Gasteiger partial charge in [-0.1, -0.05) is 20.8 Å². The second kappa shape index (κ2) is 5.27. The van der Waals surface area contributed by atoms with Crippen LogP contribution in [0.3, 0.4) is 0 Å². The van der Waals surface area contributed by atoms with Crippen molar-refractivity contribution in [2.24, 2.45) is 0 Å². The van der Waals surface area contributed by atoms with Gasteiger partial charge >= 0.3 is 0 Å².